The third kappa shape index (κ3) is 2.71. The van der Waals surface area contributed by atoms with Crippen LogP contribution < -0.4 is 10.6 Å². The molecule has 6 heteroatoms. The minimum absolute atomic E-state index is 0.122. The second kappa shape index (κ2) is 5.44. The second-order valence-corrected chi connectivity index (χ2v) is 4.89. The Morgan fingerprint density at radius 3 is 3.00 bits per heavy atom. The van der Waals surface area contributed by atoms with E-state index in [9.17, 15) is 9.90 Å². The van der Waals surface area contributed by atoms with Crippen LogP contribution in [0.3, 0.4) is 0 Å². The van der Waals surface area contributed by atoms with E-state index in [-0.39, 0.29) is 11.9 Å². The van der Waals surface area contributed by atoms with E-state index in [4.69, 9.17) is 0 Å². The predicted molar refractivity (Wildman–Crippen MR) is 75.1 cm³/mol. The van der Waals surface area contributed by atoms with Gasteiger partial charge in [0, 0.05) is 24.0 Å². The molecule has 6 nitrogen and oxygen atoms in total. The molecule has 0 spiro atoms. The highest BCUT2D eigenvalue weighted by Gasteiger charge is 2.27. The molecule has 1 saturated heterocycles. The number of aliphatic hydroxyl groups excluding tert-OH is 1. The summed E-state index contributed by atoms with van der Waals surface area (Å²) in [6, 6.07) is 9.08. The second-order valence-electron chi connectivity index (χ2n) is 4.89. The van der Waals surface area contributed by atoms with Gasteiger partial charge in [0.2, 0.25) is 5.91 Å². The SMILES string of the molecule is O=C(Nc1cccc(-c2ccn[nH]2)c1)C1CC(O)CN1. The highest BCUT2D eigenvalue weighted by molar-refractivity contribution is 5.95. The van der Waals surface area contributed by atoms with Gasteiger partial charge in [-0.05, 0) is 24.6 Å². The number of aliphatic hydroxyl groups is 1. The number of aromatic nitrogens is 2. The Kier molecular flexibility index (Phi) is 3.49. The van der Waals surface area contributed by atoms with Gasteiger partial charge in [-0.15, -0.1) is 0 Å². The lowest BCUT2D eigenvalue weighted by molar-refractivity contribution is -0.117. The molecule has 3 rings (SSSR count). The van der Waals surface area contributed by atoms with Crippen molar-refractivity contribution in [3.63, 3.8) is 0 Å². The molecule has 1 fully saturated rings. The third-order valence-electron chi connectivity index (χ3n) is 3.37. The smallest absolute Gasteiger partial charge is 0.241 e. The van der Waals surface area contributed by atoms with Gasteiger partial charge in [-0.1, -0.05) is 12.1 Å². The summed E-state index contributed by atoms with van der Waals surface area (Å²) in [5.74, 6) is -0.122. The van der Waals surface area contributed by atoms with Crippen LogP contribution in [0.4, 0.5) is 5.69 Å². The molecule has 1 aromatic carbocycles. The van der Waals surface area contributed by atoms with Crippen molar-refractivity contribution in [2.75, 3.05) is 11.9 Å². The third-order valence-corrected chi connectivity index (χ3v) is 3.37. The molecular formula is C14H16N4O2. The number of β-amino-alcohol motifs (C(OH)–C–C–N with tert-alkyl or cyclic N) is 1. The summed E-state index contributed by atoms with van der Waals surface area (Å²) in [5.41, 5.74) is 2.58. The van der Waals surface area contributed by atoms with E-state index >= 15 is 0 Å². The average Bonchev–Trinajstić information content (AvgIpc) is 3.10. The van der Waals surface area contributed by atoms with Crippen molar-refractivity contribution in [1.29, 1.82) is 0 Å². The largest absolute Gasteiger partial charge is 0.392 e. The van der Waals surface area contributed by atoms with Crippen LogP contribution in [-0.2, 0) is 4.79 Å². The molecule has 2 unspecified atom stereocenters. The van der Waals surface area contributed by atoms with Gasteiger partial charge < -0.3 is 15.7 Å². The van der Waals surface area contributed by atoms with E-state index in [2.05, 4.69) is 20.8 Å². The number of carbonyl (C=O) groups excluding carboxylic acids is 1. The Balaban J connectivity index is 1.71. The van der Waals surface area contributed by atoms with E-state index in [1.165, 1.54) is 0 Å². The predicted octanol–water partition coefficient (Wildman–Crippen LogP) is 0.738. The highest BCUT2D eigenvalue weighted by atomic mass is 16.3. The molecule has 0 bridgehead atoms. The van der Waals surface area contributed by atoms with E-state index in [1.54, 1.807) is 6.20 Å². The summed E-state index contributed by atoms with van der Waals surface area (Å²) in [6.45, 7) is 0.465. The number of hydrogen-bond acceptors (Lipinski definition) is 4. The van der Waals surface area contributed by atoms with E-state index in [1.807, 2.05) is 30.3 Å². The maximum atomic E-state index is 12.1. The van der Waals surface area contributed by atoms with Crippen LogP contribution in [-0.4, -0.2) is 39.9 Å². The molecule has 1 aliphatic rings. The molecular weight excluding hydrogens is 256 g/mol. The zero-order chi connectivity index (χ0) is 13.9. The Labute approximate surface area is 116 Å². The molecule has 0 saturated carbocycles. The van der Waals surface area contributed by atoms with Gasteiger partial charge in [0.1, 0.15) is 0 Å². The lowest BCUT2D eigenvalue weighted by atomic mass is 10.1. The van der Waals surface area contributed by atoms with Crippen molar-refractivity contribution in [2.24, 2.45) is 0 Å². The zero-order valence-electron chi connectivity index (χ0n) is 10.8. The lowest BCUT2D eigenvalue weighted by Crippen LogP contribution is -2.35. The molecule has 2 heterocycles. The van der Waals surface area contributed by atoms with Crippen molar-refractivity contribution in [3.05, 3.63) is 36.5 Å². The molecule has 2 aromatic rings. The first-order valence-electron chi connectivity index (χ1n) is 6.54. The number of benzene rings is 1. The standard InChI is InChI=1S/C14H16N4O2/c19-11-7-13(15-8-11)14(20)17-10-3-1-2-9(6-10)12-4-5-16-18-12/h1-6,11,13,15,19H,7-8H2,(H,16,18)(H,17,20). The lowest BCUT2D eigenvalue weighted by Gasteiger charge is -2.11. The van der Waals surface area contributed by atoms with Crippen LogP contribution in [0.25, 0.3) is 11.3 Å². The fourth-order valence-electron chi connectivity index (χ4n) is 2.33. The minimum Gasteiger partial charge on any atom is -0.392 e. The van der Waals surface area contributed by atoms with Gasteiger partial charge in [0.05, 0.1) is 17.8 Å². The maximum absolute atomic E-state index is 12.1. The van der Waals surface area contributed by atoms with Gasteiger partial charge in [-0.2, -0.15) is 5.10 Å². The topological polar surface area (TPSA) is 90.0 Å². The first kappa shape index (κ1) is 12.8. The Morgan fingerprint density at radius 2 is 2.30 bits per heavy atom. The van der Waals surface area contributed by atoms with Crippen molar-refractivity contribution in [1.82, 2.24) is 15.5 Å². The number of carbonyl (C=O) groups is 1. The number of nitrogens with zero attached hydrogens (tertiary/aromatic N) is 1. The molecule has 1 amide bonds. The fraction of sp³-hybridized carbons (Fsp3) is 0.286. The first-order valence-corrected chi connectivity index (χ1v) is 6.54. The summed E-state index contributed by atoms with van der Waals surface area (Å²) in [4.78, 5) is 12.1. The summed E-state index contributed by atoms with van der Waals surface area (Å²) in [5, 5.41) is 22.1. The summed E-state index contributed by atoms with van der Waals surface area (Å²) < 4.78 is 0. The van der Waals surface area contributed by atoms with Gasteiger partial charge in [-0.25, -0.2) is 0 Å². The van der Waals surface area contributed by atoms with Crippen LogP contribution in [0.5, 0.6) is 0 Å². The molecule has 20 heavy (non-hydrogen) atoms. The Morgan fingerprint density at radius 1 is 1.40 bits per heavy atom. The Bertz CT molecular complexity index is 597. The molecule has 0 aliphatic carbocycles. The summed E-state index contributed by atoms with van der Waals surface area (Å²) >= 11 is 0. The van der Waals surface area contributed by atoms with E-state index < -0.39 is 6.10 Å². The van der Waals surface area contributed by atoms with Gasteiger partial charge in [-0.3, -0.25) is 9.89 Å². The zero-order valence-corrected chi connectivity index (χ0v) is 10.8. The Hall–Kier alpha value is -2.18. The molecule has 1 aliphatic heterocycles. The molecule has 104 valence electrons. The summed E-state index contributed by atoms with van der Waals surface area (Å²) in [6.07, 6.45) is 1.69. The van der Waals surface area contributed by atoms with Crippen molar-refractivity contribution >= 4 is 11.6 Å². The number of nitrogens with one attached hydrogen (secondary N) is 3. The number of H-pyrrole nitrogens is 1. The number of hydrogen-bond donors (Lipinski definition) is 4. The van der Waals surface area contributed by atoms with Gasteiger partial charge in [0.15, 0.2) is 0 Å². The first-order chi connectivity index (χ1) is 9.72. The van der Waals surface area contributed by atoms with E-state index in [0.29, 0.717) is 13.0 Å². The fourth-order valence-corrected chi connectivity index (χ4v) is 2.33. The van der Waals surface area contributed by atoms with Crippen LogP contribution in [0.1, 0.15) is 6.42 Å². The highest BCUT2D eigenvalue weighted by Crippen LogP contribution is 2.20. The van der Waals surface area contributed by atoms with E-state index in [0.717, 1.165) is 16.9 Å². The van der Waals surface area contributed by atoms with Crippen LogP contribution in [0.2, 0.25) is 0 Å². The number of aromatic amines is 1. The average molecular weight is 272 g/mol. The minimum atomic E-state index is -0.443. The normalized spacial score (nSPS) is 21.9. The van der Waals surface area contributed by atoms with Gasteiger partial charge >= 0.3 is 0 Å². The van der Waals surface area contributed by atoms with Crippen molar-refractivity contribution in [2.45, 2.75) is 18.6 Å². The monoisotopic (exact) mass is 272 g/mol. The number of amides is 1. The molecule has 0 radical (unpaired) electrons. The molecule has 4 N–H and O–H groups in total. The van der Waals surface area contributed by atoms with Crippen LogP contribution in [0.15, 0.2) is 36.5 Å². The van der Waals surface area contributed by atoms with Gasteiger partial charge in [0.25, 0.3) is 0 Å². The van der Waals surface area contributed by atoms with Crippen molar-refractivity contribution in [3.8, 4) is 11.3 Å². The van der Waals surface area contributed by atoms with Crippen molar-refractivity contribution < 1.29 is 9.90 Å². The number of anilines is 1. The van der Waals surface area contributed by atoms with Crippen LogP contribution >= 0.6 is 0 Å². The quantitative estimate of drug-likeness (QED) is 0.663. The molecule has 2 atom stereocenters. The maximum Gasteiger partial charge on any atom is 0.241 e. The molecule has 1 aromatic heterocycles. The number of rotatable bonds is 3. The summed E-state index contributed by atoms with van der Waals surface area (Å²) in [7, 11) is 0. The van der Waals surface area contributed by atoms with Crippen LogP contribution in [0, 0.1) is 0 Å².